The maximum absolute atomic E-state index is 12.4. The number of rotatable bonds is 5. The lowest BCUT2D eigenvalue weighted by Crippen LogP contribution is -2.55. The van der Waals surface area contributed by atoms with Gasteiger partial charge in [0.05, 0.1) is 18.6 Å². The monoisotopic (exact) mass is 278 g/mol. The number of nitrogens with two attached hydrogens (primary N) is 1. The number of hydrogen-bond donors (Lipinski definition) is 2. The normalized spacial score (nSPS) is 13.8. The van der Waals surface area contributed by atoms with E-state index in [0.717, 1.165) is 11.3 Å². The highest BCUT2D eigenvalue weighted by Crippen LogP contribution is 2.29. The first-order valence-electron chi connectivity index (χ1n) is 6.83. The van der Waals surface area contributed by atoms with Crippen LogP contribution >= 0.6 is 0 Å². The third kappa shape index (κ3) is 3.51. The molecule has 1 aromatic rings. The van der Waals surface area contributed by atoms with Crippen molar-refractivity contribution in [2.24, 2.45) is 11.1 Å². The molecule has 4 heteroatoms. The van der Waals surface area contributed by atoms with Crippen molar-refractivity contribution >= 4 is 5.91 Å². The van der Waals surface area contributed by atoms with Crippen molar-refractivity contribution in [3.63, 3.8) is 0 Å². The van der Waals surface area contributed by atoms with Gasteiger partial charge in [0.25, 0.3) is 0 Å². The minimum Gasteiger partial charge on any atom is -0.497 e. The minimum atomic E-state index is -0.653. The predicted molar refractivity (Wildman–Crippen MR) is 81.6 cm³/mol. The van der Waals surface area contributed by atoms with Crippen molar-refractivity contribution in [2.45, 2.75) is 46.2 Å². The Hall–Kier alpha value is -1.55. The molecule has 0 heterocycles. The van der Waals surface area contributed by atoms with Gasteiger partial charge in [0.1, 0.15) is 5.75 Å². The molecule has 3 N–H and O–H groups in total. The summed E-state index contributed by atoms with van der Waals surface area (Å²) in [6.07, 6.45) is 0. The number of hydrogen-bond acceptors (Lipinski definition) is 3. The van der Waals surface area contributed by atoms with E-state index < -0.39 is 11.0 Å². The summed E-state index contributed by atoms with van der Waals surface area (Å²) in [6, 6.07) is 7.58. The van der Waals surface area contributed by atoms with Crippen LogP contribution in [0.3, 0.4) is 0 Å². The summed E-state index contributed by atoms with van der Waals surface area (Å²) in [5, 5.41) is 3.02. The zero-order valence-electron chi connectivity index (χ0n) is 13.3. The van der Waals surface area contributed by atoms with Gasteiger partial charge in [-0.1, -0.05) is 12.1 Å². The molecule has 0 fully saturated rings. The Morgan fingerprint density at radius 2 is 1.90 bits per heavy atom. The lowest BCUT2D eigenvalue weighted by molar-refractivity contribution is -0.132. The first-order chi connectivity index (χ1) is 9.09. The van der Waals surface area contributed by atoms with E-state index in [2.05, 4.69) is 5.32 Å². The summed E-state index contributed by atoms with van der Waals surface area (Å²) in [7, 11) is 1.63. The number of nitrogens with one attached hydrogen (secondary N) is 1. The van der Waals surface area contributed by atoms with Gasteiger partial charge in [-0.3, -0.25) is 4.79 Å². The van der Waals surface area contributed by atoms with Crippen LogP contribution in [0.15, 0.2) is 24.3 Å². The standard InChI is InChI=1S/C16H26N2O2/c1-11(12-8-7-9-13(10-12)20-6)18-14(19)15(2,3)16(4,5)17/h7-11H,17H2,1-6H3,(H,18,19)/t11-/m1/s1. The number of carbonyl (C=O) groups excluding carboxylic acids is 1. The van der Waals surface area contributed by atoms with Gasteiger partial charge in [0.15, 0.2) is 0 Å². The first-order valence-corrected chi connectivity index (χ1v) is 6.83. The van der Waals surface area contributed by atoms with E-state index in [1.165, 1.54) is 0 Å². The highest BCUT2D eigenvalue weighted by atomic mass is 16.5. The Labute approximate surface area is 121 Å². The van der Waals surface area contributed by atoms with Crippen LogP contribution in [0.4, 0.5) is 0 Å². The van der Waals surface area contributed by atoms with Crippen molar-refractivity contribution in [1.29, 1.82) is 0 Å². The van der Waals surface area contributed by atoms with Crippen LogP contribution in [0.5, 0.6) is 5.75 Å². The number of ether oxygens (including phenoxy) is 1. The van der Waals surface area contributed by atoms with Crippen molar-refractivity contribution in [1.82, 2.24) is 5.32 Å². The van der Waals surface area contributed by atoms with Crippen LogP contribution in [0.25, 0.3) is 0 Å². The highest BCUT2D eigenvalue weighted by Gasteiger charge is 2.40. The van der Waals surface area contributed by atoms with Gasteiger partial charge < -0.3 is 15.8 Å². The van der Waals surface area contributed by atoms with Gasteiger partial charge in [-0.2, -0.15) is 0 Å². The fraction of sp³-hybridized carbons (Fsp3) is 0.562. The molecular weight excluding hydrogens is 252 g/mol. The molecule has 0 saturated carbocycles. The molecule has 0 radical (unpaired) electrons. The molecule has 112 valence electrons. The minimum absolute atomic E-state index is 0.0553. The van der Waals surface area contributed by atoms with Crippen molar-refractivity contribution in [2.75, 3.05) is 7.11 Å². The molecule has 20 heavy (non-hydrogen) atoms. The molecule has 0 aromatic heterocycles. The van der Waals surface area contributed by atoms with Crippen LogP contribution in [0, 0.1) is 5.41 Å². The molecule has 0 aliphatic carbocycles. The SMILES string of the molecule is COc1cccc([C@@H](C)NC(=O)C(C)(C)C(C)(C)N)c1. The molecule has 1 rings (SSSR count). The van der Waals surface area contributed by atoms with Gasteiger partial charge in [-0.25, -0.2) is 0 Å². The summed E-state index contributed by atoms with van der Waals surface area (Å²) in [5.74, 6) is 0.724. The van der Waals surface area contributed by atoms with Crippen LogP contribution < -0.4 is 15.8 Å². The van der Waals surface area contributed by atoms with E-state index in [1.54, 1.807) is 7.11 Å². The summed E-state index contributed by atoms with van der Waals surface area (Å²) in [6.45, 7) is 9.40. The molecule has 4 nitrogen and oxygen atoms in total. The molecule has 0 bridgehead atoms. The molecule has 0 aliphatic rings. The fourth-order valence-corrected chi connectivity index (χ4v) is 1.66. The van der Waals surface area contributed by atoms with Crippen molar-refractivity contribution in [3.05, 3.63) is 29.8 Å². The highest BCUT2D eigenvalue weighted by molar-refractivity contribution is 5.83. The molecule has 0 aliphatic heterocycles. The van der Waals surface area contributed by atoms with Crippen molar-refractivity contribution < 1.29 is 9.53 Å². The fourth-order valence-electron chi connectivity index (χ4n) is 1.66. The van der Waals surface area contributed by atoms with Gasteiger partial charge in [0, 0.05) is 5.54 Å². The maximum atomic E-state index is 12.4. The summed E-state index contributed by atoms with van der Waals surface area (Å²) in [5.41, 5.74) is 5.85. The van der Waals surface area contributed by atoms with Gasteiger partial charge in [-0.05, 0) is 52.3 Å². The van der Waals surface area contributed by atoms with E-state index >= 15 is 0 Å². The molecule has 0 unspecified atom stereocenters. The molecule has 1 aromatic carbocycles. The Kier molecular flexibility index (Phi) is 4.81. The quantitative estimate of drug-likeness (QED) is 0.870. The van der Waals surface area contributed by atoms with Crippen LogP contribution in [-0.4, -0.2) is 18.6 Å². The predicted octanol–water partition coefficient (Wildman–Crippen LogP) is 2.64. The third-order valence-electron chi connectivity index (χ3n) is 4.12. The Bertz CT molecular complexity index is 476. The van der Waals surface area contributed by atoms with Gasteiger partial charge in [0.2, 0.25) is 5.91 Å². The smallest absolute Gasteiger partial charge is 0.227 e. The first kappa shape index (κ1) is 16.5. The largest absolute Gasteiger partial charge is 0.497 e. The molecule has 0 spiro atoms. The van der Waals surface area contributed by atoms with Gasteiger partial charge >= 0.3 is 0 Å². The maximum Gasteiger partial charge on any atom is 0.227 e. The Morgan fingerprint density at radius 1 is 1.30 bits per heavy atom. The zero-order valence-corrected chi connectivity index (χ0v) is 13.3. The van der Waals surface area contributed by atoms with Crippen LogP contribution in [-0.2, 0) is 4.79 Å². The summed E-state index contributed by atoms with van der Waals surface area (Å²) >= 11 is 0. The Morgan fingerprint density at radius 3 is 2.40 bits per heavy atom. The second kappa shape index (κ2) is 5.83. The van der Waals surface area contributed by atoms with Gasteiger partial charge in [-0.15, -0.1) is 0 Å². The average Bonchev–Trinajstić information content (AvgIpc) is 2.37. The molecule has 1 amide bonds. The third-order valence-corrected chi connectivity index (χ3v) is 4.12. The van der Waals surface area contributed by atoms with Crippen molar-refractivity contribution in [3.8, 4) is 5.75 Å². The second-order valence-electron chi connectivity index (χ2n) is 6.32. The number of carbonyl (C=O) groups is 1. The number of methoxy groups -OCH3 is 1. The van der Waals surface area contributed by atoms with E-state index in [0.29, 0.717) is 0 Å². The Balaban J connectivity index is 2.85. The van der Waals surface area contributed by atoms with E-state index in [9.17, 15) is 4.79 Å². The van der Waals surface area contributed by atoms with Crippen LogP contribution in [0.1, 0.15) is 46.2 Å². The lowest BCUT2D eigenvalue weighted by atomic mass is 9.74. The molecule has 1 atom stereocenters. The lowest BCUT2D eigenvalue weighted by Gasteiger charge is -2.37. The number of amides is 1. The molecule has 0 saturated heterocycles. The second-order valence-corrected chi connectivity index (χ2v) is 6.32. The topological polar surface area (TPSA) is 64.3 Å². The average molecular weight is 278 g/mol. The van der Waals surface area contributed by atoms with E-state index in [1.807, 2.05) is 58.9 Å². The molecular formula is C16H26N2O2. The number of benzene rings is 1. The summed E-state index contributed by atoms with van der Waals surface area (Å²) in [4.78, 5) is 12.4. The van der Waals surface area contributed by atoms with E-state index in [4.69, 9.17) is 10.5 Å². The summed E-state index contributed by atoms with van der Waals surface area (Å²) < 4.78 is 5.20. The van der Waals surface area contributed by atoms with E-state index in [-0.39, 0.29) is 11.9 Å². The van der Waals surface area contributed by atoms with Crippen LogP contribution in [0.2, 0.25) is 0 Å². The zero-order chi connectivity index (χ0) is 15.6.